The summed E-state index contributed by atoms with van der Waals surface area (Å²) in [5.41, 5.74) is 5.82. The number of amides is 1. The number of benzene rings is 4. The van der Waals surface area contributed by atoms with Crippen LogP contribution < -0.4 is 24.4 Å². The number of rotatable bonds is 10. The highest BCUT2D eigenvalue weighted by atomic mass is 35.5. The number of carbonyl (C=O) groups is 2. The summed E-state index contributed by atoms with van der Waals surface area (Å²) in [4.78, 5) is 29.3. The molecule has 0 unspecified atom stereocenters. The highest BCUT2D eigenvalue weighted by Gasteiger charge is 2.22. The Labute approximate surface area is 253 Å². The zero-order valence-corrected chi connectivity index (χ0v) is 24.4. The van der Waals surface area contributed by atoms with E-state index in [-0.39, 0.29) is 11.4 Å². The number of H-pyrrole nitrogens is 1. The van der Waals surface area contributed by atoms with Crippen LogP contribution in [0.15, 0.2) is 90.0 Å². The van der Waals surface area contributed by atoms with Crippen molar-refractivity contribution in [2.24, 2.45) is 5.10 Å². The number of fused-ring (bicyclic) bond motifs is 1. The molecule has 4 aromatic carbocycles. The number of halogens is 1. The van der Waals surface area contributed by atoms with Gasteiger partial charge < -0.3 is 23.9 Å². The van der Waals surface area contributed by atoms with E-state index in [1.807, 2.05) is 43.3 Å². The number of nitrogens with one attached hydrogen (secondary N) is 2. The highest BCUT2D eigenvalue weighted by molar-refractivity contribution is 6.34. The van der Waals surface area contributed by atoms with Gasteiger partial charge in [0.05, 0.1) is 38.1 Å². The third-order valence-electron chi connectivity index (χ3n) is 6.56. The number of nitrogens with zero attached hydrogens (tertiary/aromatic N) is 1. The van der Waals surface area contributed by atoms with E-state index in [1.165, 1.54) is 6.21 Å². The molecule has 0 fully saturated rings. The Morgan fingerprint density at radius 3 is 2.42 bits per heavy atom. The summed E-state index contributed by atoms with van der Waals surface area (Å²) in [5.74, 6) is 0.806. The monoisotopic (exact) mass is 597 g/mol. The molecule has 0 bridgehead atoms. The topological polar surface area (TPSA) is 111 Å². The molecule has 0 atom stereocenters. The lowest BCUT2D eigenvalue weighted by Crippen LogP contribution is -2.19. The molecule has 1 heterocycles. The third kappa shape index (κ3) is 6.32. The predicted molar refractivity (Wildman–Crippen MR) is 166 cm³/mol. The van der Waals surface area contributed by atoms with Gasteiger partial charge in [-0.05, 0) is 67.1 Å². The summed E-state index contributed by atoms with van der Waals surface area (Å²) < 4.78 is 21.9. The fourth-order valence-electron chi connectivity index (χ4n) is 4.54. The minimum atomic E-state index is -0.540. The minimum absolute atomic E-state index is 0.250. The summed E-state index contributed by atoms with van der Waals surface area (Å²) in [7, 11) is 3.12. The number of methoxy groups -OCH3 is 2. The first-order valence-electron chi connectivity index (χ1n) is 13.3. The molecular weight excluding hydrogens is 570 g/mol. The minimum Gasteiger partial charge on any atom is -0.497 e. The van der Waals surface area contributed by atoms with E-state index >= 15 is 0 Å². The molecule has 2 N–H and O–H groups in total. The van der Waals surface area contributed by atoms with E-state index in [0.29, 0.717) is 56.6 Å². The molecule has 5 rings (SSSR count). The van der Waals surface area contributed by atoms with Crippen LogP contribution in [0.4, 0.5) is 0 Å². The summed E-state index contributed by atoms with van der Waals surface area (Å²) >= 11 is 6.53. The van der Waals surface area contributed by atoms with Gasteiger partial charge in [0.15, 0.2) is 11.5 Å². The van der Waals surface area contributed by atoms with Gasteiger partial charge >= 0.3 is 5.97 Å². The molecule has 0 saturated heterocycles. The molecule has 0 radical (unpaired) electrons. The van der Waals surface area contributed by atoms with Gasteiger partial charge in [0.2, 0.25) is 0 Å². The zero-order chi connectivity index (χ0) is 30.3. The van der Waals surface area contributed by atoms with Crippen LogP contribution in [0, 0.1) is 0 Å². The van der Waals surface area contributed by atoms with Gasteiger partial charge in [-0.15, -0.1) is 0 Å². The van der Waals surface area contributed by atoms with Crippen molar-refractivity contribution in [1.82, 2.24) is 10.4 Å². The first-order chi connectivity index (χ1) is 20.9. The Balaban J connectivity index is 1.38. The lowest BCUT2D eigenvalue weighted by atomic mass is 10.0. The number of hydrazone groups is 1. The molecule has 0 aliphatic rings. The van der Waals surface area contributed by atoms with Crippen LogP contribution in [-0.2, 0) is 0 Å². The van der Waals surface area contributed by atoms with Crippen molar-refractivity contribution >= 4 is 40.6 Å². The summed E-state index contributed by atoms with van der Waals surface area (Å²) in [6, 6.07) is 24.4. The molecule has 1 amide bonds. The van der Waals surface area contributed by atoms with Crippen LogP contribution in [0.25, 0.3) is 22.0 Å². The van der Waals surface area contributed by atoms with Gasteiger partial charge in [-0.1, -0.05) is 41.9 Å². The Morgan fingerprint density at radius 2 is 1.70 bits per heavy atom. The SMILES string of the molecule is CCOc1cc(C=NNC(=O)c2[nH]c3c(OC)cccc3c2-c2ccccc2Cl)ccc1OC(=O)c1ccc(OC)cc1. The predicted octanol–water partition coefficient (Wildman–Crippen LogP) is 6.89. The average Bonchev–Trinajstić information content (AvgIpc) is 3.42. The average molecular weight is 598 g/mol. The van der Waals surface area contributed by atoms with E-state index < -0.39 is 11.9 Å². The van der Waals surface area contributed by atoms with E-state index in [4.69, 9.17) is 30.5 Å². The number of ether oxygens (including phenoxy) is 4. The van der Waals surface area contributed by atoms with Gasteiger partial charge in [0.25, 0.3) is 5.91 Å². The van der Waals surface area contributed by atoms with E-state index in [9.17, 15) is 9.59 Å². The number of carbonyl (C=O) groups excluding carboxylic acids is 2. The van der Waals surface area contributed by atoms with Crippen molar-refractivity contribution in [3.63, 3.8) is 0 Å². The molecule has 0 spiro atoms. The van der Waals surface area contributed by atoms with Gasteiger partial charge in [-0.25, -0.2) is 10.2 Å². The molecule has 0 aliphatic carbocycles. The molecular formula is C33H28ClN3O6. The second-order valence-electron chi connectivity index (χ2n) is 9.19. The highest BCUT2D eigenvalue weighted by Crippen LogP contribution is 2.39. The molecule has 1 aromatic heterocycles. The number of aromatic amines is 1. The number of hydrogen-bond acceptors (Lipinski definition) is 7. The standard InChI is InChI=1S/C33H28ClN3O6/c1-4-42-28-18-20(12-17-26(28)43-33(39)21-13-15-22(40-2)16-14-21)19-35-37-32(38)31-29(23-8-5-6-10-25(23)34)24-9-7-11-27(41-3)30(24)36-31/h5-19,36H,4H2,1-3H3,(H,37,38). The third-order valence-corrected chi connectivity index (χ3v) is 6.89. The molecule has 0 aliphatic heterocycles. The Kier molecular flexibility index (Phi) is 8.93. The fourth-order valence-corrected chi connectivity index (χ4v) is 4.77. The van der Waals surface area contributed by atoms with Gasteiger partial charge in [0, 0.05) is 21.5 Å². The van der Waals surface area contributed by atoms with E-state index in [0.717, 1.165) is 5.39 Å². The maximum absolute atomic E-state index is 13.4. The van der Waals surface area contributed by atoms with Crippen molar-refractivity contribution < 1.29 is 28.5 Å². The molecule has 218 valence electrons. The number of para-hydroxylation sites is 1. The number of esters is 1. The molecule has 5 aromatic rings. The van der Waals surface area contributed by atoms with Crippen LogP contribution in [0.1, 0.15) is 33.3 Å². The lowest BCUT2D eigenvalue weighted by Gasteiger charge is -2.11. The molecule has 0 saturated carbocycles. The van der Waals surface area contributed by atoms with Crippen molar-refractivity contribution in [3.05, 3.63) is 107 Å². The van der Waals surface area contributed by atoms with E-state index in [2.05, 4.69) is 15.5 Å². The largest absolute Gasteiger partial charge is 0.497 e. The van der Waals surface area contributed by atoms with Crippen LogP contribution in [0.2, 0.25) is 5.02 Å². The first-order valence-corrected chi connectivity index (χ1v) is 13.7. The maximum atomic E-state index is 13.4. The smallest absolute Gasteiger partial charge is 0.343 e. The molecule has 43 heavy (non-hydrogen) atoms. The van der Waals surface area contributed by atoms with Crippen LogP contribution in [0.5, 0.6) is 23.0 Å². The summed E-state index contributed by atoms with van der Waals surface area (Å²) in [6.45, 7) is 2.17. The quantitative estimate of drug-likeness (QED) is 0.0785. The molecule has 10 heteroatoms. The van der Waals surface area contributed by atoms with E-state index in [1.54, 1.807) is 62.8 Å². The van der Waals surface area contributed by atoms with Gasteiger partial charge in [0.1, 0.15) is 17.2 Å². The van der Waals surface area contributed by atoms with Crippen molar-refractivity contribution in [2.45, 2.75) is 6.92 Å². The summed E-state index contributed by atoms with van der Waals surface area (Å²) in [6.07, 6.45) is 1.47. The van der Waals surface area contributed by atoms with Crippen LogP contribution in [-0.4, -0.2) is 43.9 Å². The van der Waals surface area contributed by atoms with Crippen molar-refractivity contribution in [1.29, 1.82) is 0 Å². The number of aromatic nitrogens is 1. The van der Waals surface area contributed by atoms with Gasteiger partial charge in [-0.2, -0.15) is 5.10 Å². The van der Waals surface area contributed by atoms with Crippen LogP contribution in [0.3, 0.4) is 0 Å². The second kappa shape index (κ2) is 13.1. The van der Waals surface area contributed by atoms with Gasteiger partial charge in [-0.3, -0.25) is 4.79 Å². The maximum Gasteiger partial charge on any atom is 0.343 e. The second-order valence-corrected chi connectivity index (χ2v) is 9.60. The Hall–Kier alpha value is -5.28. The molecule has 9 nitrogen and oxygen atoms in total. The Morgan fingerprint density at radius 1 is 0.907 bits per heavy atom. The Bertz CT molecular complexity index is 1810. The normalized spacial score (nSPS) is 11.0. The first kappa shape index (κ1) is 29.2. The lowest BCUT2D eigenvalue weighted by molar-refractivity contribution is 0.0728. The summed E-state index contributed by atoms with van der Waals surface area (Å²) in [5, 5.41) is 5.44. The van der Waals surface area contributed by atoms with Crippen molar-refractivity contribution in [2.75, 3.05) is 20.8 Å². The zero-order valence-electron chi connectivity index (χ0n) is 23.6. The van der Waals surface area contributed by atoms with Crippen molar-refractivity contribution in [3.8, 4) is 34.1 Å². The number of hydrogen-bond donors (Lipinski definition) is 2. The fraction of sp³-hybridized carbons (Fsp3) is 0.121. The van der Waals surface area contributed by atoms with Crippen LogP contribution >= 0.6 is 11.6 Å².